The standard InChI is InChI=1S/C14H19N3O2S/c1-9-5-6-13(10(2)7-9)8-15-20(18,19)14-11(3)16-17-12(14)4/h5-7,15H,8H2,1-4H3,(H,16,17). The summed E-state index contributed by atoms with van der Waals surface area (Å²) in [5.41, 5.74) is 4.24. The van der Waals surface area contributed by atoms with Crippen LogP contribution < -0.4 is 4.72 Å². The molecule has 0 saturated heterocycles. The first-order valence-corrected chi connectivity index (χ1v) is 7.87. The number of hydrogen-bond acceptors (Lipinski definition) is 3. The number of aryl methyl sites for hydroxylation is 4. The van der Waals surface area contributed by atoms with Gasteiger partial charge in [-0.15, -0.1) is 0 Å². The number of nitrogens with zero attached hydrogens (tertiary/aromatic N) is 1. The van der Waals surface area contributed by atoms with Gasteiger partial charge in [-0.1, -0.05) is 23.8 Å². The highest BCUT2D eigenvalue weighted by Gasteiger charge is 2.21. The highest BCUT2D eigenvalue weighted by atomic mass is 32.2. The largest absolute Gasteiger partial charge is 0.281 e. The lowest BCUT2D eigenvalue weighted by molar-refractivity contribution is 0.580. The quantitative estimate of drug-likeness (QED) is 0.906. The van der Waals surface area contributed by atoms with Crippen LogP contribution >= 0.6 is 0 Å². The summed E-state index contributed by atoms with van der Waals surface area (Å²) in [4.78, 5) is 0.238. The number of benzene rings is 1. The van der Waals surface area contributed by atoms with Crippen LogP contribution in [0.4, 0.5) is 0 Å². The topological polar surface area (TPSA) is 74.8 Å². The molecule has 0 saturated carbocycles. The van der Waals surface area contributed by atoms with E-state index in [9.17, 15) is 8.42 Å². The second-order valence-corrected chi connectivity index (χ2v) is 6.72. The Balaban J connectivity index is 2.22. The maximum atomic E-state index is 12.3. The van der Waals surface area contributed by atoms with Gasteiger partial charge in [0, 0.05) is 6.54 Å². The molecule has 2 N–H and O–H groups in total. The van der Waals surface area contributed by atoms with E-state index in [1.165, 1.54) is 0 Å². The molecule has 0 fully saturated rings. The van der Waals surface area contributed by atoms with E-state index >= 15 is 0 Å². The zero-order chi connectivity index (χ0) is 14.9. The number of aromatic amines is 1. The first kappa shape index (κ1) is 14.7. The normalized spacial score (nSPS) is 11.8. The van der Waals surface area contributed by atoms with Gasteiger partial charge < -0.3 is 0 Å². The zero-order valence-electron chi connectivity index (χ0n) is 12.1. The van der Waals surface area contributed by atoms with Gasteiger partial charge in [-0.25, -0.2) is 13.1 Å². The molecule has 1 heterocycles. The lowest BCUT2D eigenvalue weighted by atomic mass is 10.1. The van der Waals surface area contributed by atoms with Gasteiger partial charge in [0.2, 0.25) is 10.0 Å². The van der Waals surface area contributed by atoms with Crippen LogP contribution in [0.5, 0.6) is 0 Å². The fourth-order valence-corrected chi connectivity index (χ4v) is 3.60. The highest BCUT2D eigenvalue weighted by molar-refractivity contribution is 7.89. The van der Waals surface area contributed by atoms with E-state index in [4.69, 9.17) is 0 Å². The number of aromatic nitrogens is 2. The van der Waals surface area contributed by atoms with Crippen LogP contribution in [0.2, 0.25) is 0 Å². The summed E-state index contributed by atoms with van der Waals surface area (Å²) in [6, 6.07) is 5.96. The van der Waals surface area contributed by atoms with Crippen LogP contribution in [0.25, 0.3) is 0 Å². The van der Waals surface area contributed by atoms with E-state index in [0.29, 0.717) is 11.4 Å². The minimum atomic E-state index is -3.55. The van der Waals surface area contributed by atoms with Gasteiger partial charge in [0.05, 0.1) is 11.4 Å². The van der Waals surface area contributed by atoms with E-state index < -0.39 is 10.0 Å². The fourth-order valence-electron chi connectivity index (χ4n) is 2.23. The number of H-pyrrole nitrogens is 1. The molecule has 0 spiro atoms. The molecule has 6 heteroatoms. The van der Waals surface area contributed by atoms with Crippen molar-refractivity contribution in [3.63, 3.8) is 0 Å². The van der Waals surface area contributed by atoms with Crippen LogP contribution in [0.15, 0.2) is 23.1 Å². The molecule has 1 aromatic carbocycles. The Labute approximate surface area is 119 Å². The van der Waals surface area contributed by atoms with Crippen LogP contribution in [0, 0.1) is 27.7 Å². The summed E-state index contributed by atoms with van der Waals surface area (Å²) in [6.07, 6.45) is 0. The van der Waals surface area contributed by atoms with Crippen LogP contribution in [0.1, 0.15) is 28.1 Å². The number of hydrogen-bond donors (Lipinski definition) is 2. The molecule has 0 aliphatic rings. The number of rotatable bonds is 4. The molecule has 2 aromatic rings. The lowest BCUT2D eigenvalue weighted by Crippen LogP contribution is -2.24. The van der Waals surface area contributed by atoms with Crippen LogP contribution in [-0.2, 0) is 16.6 Å². The third kappa shape index (κ3) is 2.91. The summed E-state index contributed by atoms with van der Waals surface area (Å²) in [6.45, 7) is 7.64. The summed E-state index contributed by atoms with van der Waals surface area (Å²) < 4.78 is 27.3. The summed E-state index contributed by atoms with van der Waals surface area (Å²) in [5, 5.41) is 6.61. The Hall–Kier alpha value is -1.66. The molecule has 0 amide bonds. The maximum absolute atomic E-state index is 12.3. The van der Waals surface area contributed by atoms with Crippen molar-refractivity contribution in [1.29, 1.82) is 0 Å². The number of nitrogens with one attached hydrogen (secondary N) is 2. The van der Waals surface area contributed by atoms with Crippen molar-refractivity contribution >= 4 is 10.0 Å². The van der Waals surface area contributed by atoms with Crippen LogP contribution in [0.3, 0.4) is 0 Å². The van der Waals surface area contributed by atoms with Crippen molar-refractivity contribution in [1.82, 2.24) is 14.9 Å². The van der Waals surface area contributed by atoms with Crippen molar-refractivity contribution in [2.75, 3.05) is 0 Å². The first-order valence-electron chi connectivity index (χ1n) is 6.38. The van der Waals surface area contributed by atoms with E-state index in [1.54, 1.807) is 13.8 Å². The van der Waals surface area contributed by atoms with E-state index in [2.05, 4.69) is 14.9 Å². The highest BCUT2D eigenvalue weighted by Crippen LogP contribution is 2.17. The fraction of sp³-hybridized carbons (Fsp3) is 0.357. The van der Waals surface area contributed by atoms with Gasteiger partial charge in [0.15, 0.2) is 0 Å². The molecule has 0 aliphatic carbocycles. The molecule has 0 unspecified atom stereocenters. The van der Waals surface area contributed by atoms with Crippen molar-refractivity contribution in [3.05, 3.63) is 46.3 Å². The van der Waals surface area contributed by atoms with Crippen molar-refractivity contribution in [2.24, 2.45) is 0 Å². The molecule has 0 radical (unpaired) electrons. The average Bonchev–Trinajstić information content (AvgIpc) is 2.68. The second-order valence-electron chi connectivity index (χ2n) is 5.02. The molecule has 0 atom stereocenters. The molecule has 20 heavy (non-hydrogen) atoms. The Morgan fingerprint density at radius 3 is 2.45 bits per heavy atom. The predicted molar refractivity (Wildman–Crippen MR) is 78.0 cm³/mol. The third-order valence-electron chi connectivity index (χ3n) is 3.28. The minimum Gasteiger partial charge on any atom is -0.281 e. The van der Waals surface area contributed by atoms with Crippen molar-refractivity contribution in [2.45, 2.75) is 39.1 Å². The van der Waals surface area contributed by atoms with Gasteiger partial charge in [0.25, 0.3) is 0 Å². The predicted octanol–water partition coefficient (Wildman–Crippen LogP) is 2.12. The van der Waals surface area contributed by atoms with Crippen molar-refractivity contribution in [3.8, 4) is 0 Å². The lowest BCUT2D eigenvalue weighted by Gasteiger charge is -2.09. The van der Waals surface area contributed by atoms with E-state index in [0.717, 1.165) is 16.7 Å². The SMILES string of the molecule is Cc1ccc(CNS(=O)(=O)c2c(C)n[nH]c2C)c(C)c1. The van der Waals surface area contributed by atoms with Gasteiger partial charge in [0.1, 0.15) is 4.90 Å². The molecule has 0 bridgehead atoms. The van der Waals surface area contributed by atoms with Crippen LogP contribution in [-0.4, -0.2) is 18.6 Å². The summed E-state index contributed by atoms with van der Waals surface area (Å²) in [7, 11) is -3.55. The monoisotopic (exact) mass is 293 g/mol. The third-order valence-corrected chi connectivity index (χ3v) is 4.94. The van der Waals surface area contributed by atoms with Gasteiger partial charge in [-0.05, 0) is 38.8 Å². The van der Waals surface area contributed by atoms with Gasteiger partial charge >= 0.3 is 0 Å². The molecular formula is C14H19N3O2S. The second kappa shape index (κ2) is 5.38. The molecule has 5 nitrogen and oxygen atoms in total. The Kier molecular flexibility index (Phi) is 3.96. The summed E-state index contributed by atoms with van der Waals surface area (Å²) in [5.74, 6) is 0. The molecule has 108 valence electrons. The smallest absolute Gasteiger partial charge is 0.244 e. The Morgan fingerprint density at radius 2 is 1.90 bits per heavy atom. The molecule has 1 aromatic heterocycles. The first-order chi connectivity index (χ1) is 9.31. The molecule has 0 aliphatic heterocycles. The van der Waals surface area contributed by atoms with Crippen molar-refractivity contribution < 1.29 is 8.42 Å². The summed E-state index contributed by atoms with van der Waals surface area (Å²) >= 11 is 0. The number of sulfonamides is 1. The van der Waals surface area contributed by atoms with Gasteiger partial charge in [-0.3, -0.25) is 5.10 Å². The van der Waals surface area contributed by atoms with E-state index in [-0.39, 0.29) is 11.4 Å². The van der Waals surface area contributed by atoms with Gasteiger partial charge in [-0.2, -0.15) is 5.10 Å². The Morgan fingerprint density at radius 1 is 1.20 bits per heavy atom. The Bertz CT molecular complexity index is 713. The van der Waals surface area contributed by atoms with E-state index in [1.807, 2.05) is 32.0 Å². The average molecular weight is 293 g/mol. The molecular weight excluding hydrogens is 274 g/mol. The zero-order valence-corrected chi connectivity index (χ0v) is 12.9. The maximum Gasteiger partial charge on any atom is 0.244 e. The molecule has 2 rings (SSSR count). The minimum absolute atomic E-state index is 0.238.